The van der Waals surface area contributed by atoms with Crippen molar-refractivity contribution in [3.05, 3.63) is 34.2 Å². The van der Waals surface area contributed by atoms with Crippen LogP contribution in [0.5, 0.6) is 5.75 Å². The SMILES string of the molecule is N#CCOc1cc(Cl)c(Cl)c2c1c(-c1cn[nH]c1)c1n2CCN(C=O)C1. The van der Waals surface area contributed by atoms with Gasteiger partial charge in [0.15, 0.2) is 6.61 Å². The maximum Gasteiger partial charge on any atom is 0.210 e. The molecule has 2 aromatic heterocycles. The van der Waals surface area contributed by atoms with Gasteiger partial charge in [0.1, 0.15) is 11.8 Å². The number of benzene rings is 1. The van der Waals surface area contributed by atoms with Crippen LogP contribution in [0.4, 0.5) is 0 Å². The monoisotopic (exact) mass is 389 g/mol. The highest BCUT2D eigenvalue weighted by atomic mass is 35.5. The van der Waals surface area contributed by atoms with Crippen LogP contribution in [0.25, 0.3) is 22.0 Å². The van der Waals surface area contributed by atoms with Crippen LogP contribution in [0.3, 0.4) is 0 Å². The first kappa shape index (κ1) is 16.8. The zero-order valence-electron chi connectivity index (χ0n) is 13.5. The molecule has 4 rings (SSSR count). The van der Waals surface area contributed by atoms with Gasteiger partial charge in [0.25, 0.3) is 0 Å². The van der Waals surface area contributed by atoms with E-state index in [0.29, 0.717) is 35.4 Å². The van der Waals surface area contributed by atoms with Gasteiger partial charge in [-0.25, -0.2) is 0 Å². The van der Waals surface area contributed by atoms with Gasteiger partial charge in [0.05, 0.1) is 33.7 Å². The molecule has 1 N–H and O–H groups in total. The van der Waals surface area contributed by atoms with Crippen LogP contribution >= 0.6 is 23.2 Å². The van der Waals surface area contributed by atoms with Crippen molar-refractivity contribution in [2.45, 2.75) is 13.1 Å². The molecular weight excluding hydrogens is 377 g/mol. The lowest BCUT2D eigenvalue weighted by molar-refractivity contribution is -0.119. The fourth-order valence-electron chi connectivity index (χ4n) is 3.42. The lowest BCUT2D eigenvalue weighted by atomic mass is 10.0. The maximum atomic E-state index is 11.3. The Bertz CT molecular complexity index is 1040. The molecule has 0 unspecified atom stereocenters. The van der Waals surface area contributed by atoms with Crippen molar-refractivity contribution in [2.75, 3.05) is 13.2 Å². The summed E-state index contributed by atoms with van der Waals surface area (Å²) in [4.78, 5) is 13.0. The number of hydrogen-bond donors (Lipinski definition) is 1. The van der Waals surface area contributed by atoms with Gasteiger partial charge >= 0.3 is 0 Å². The minimum Gasteiger partial charge on any atom is -0.478 e. The minimum atomic E-state index is -0.112. The first-order chi connectivity index (χ1) is 12.7. The number of H-pyrrole nitrogens is 1. The summed E-state index contributed by atoms with van der Waals surface area (Å²) < 4.78 is 7.70. The summed E-state index contributed by atoms with van der Waals surface area (Å²) >= 11 is 12.8. The molecule has 3 aromatic rings. The first-order valence-corrected chi connectivity index (χ1v) is 8.62. The molecule has 0 radical (unpaired) electrons. The molecule has 1 aliphatic rings. The fourth-order valence-corrected chi connectivity index (χ4v) is 3.86. The van der Waals surface area contributed by atoms with Crippen molar-refractivity contribution in [1.82, 2.24) is 19.7 Å². The lowest BCUT2D eigenvalue weighted by Crippen LogP contribution is -2.32. The van der Waals surface area contributed by atoms with Crippen molar-refractivity contribution >= 4 is 40.5 Å². The van der Waals surface area contributed by atoms with Crippen LogP contribution in [0, 0.1) is 11.3 Å². The summed E-state index contributed by atoms with van der Waals surface area (Å²) in [6.45, 7) is 1.48. The molecule has 1 amide bonds. The molecule has 0 aliphatic carbocycles. The Balaban J connectivity index is 2.09. The Kier molecular flexibility index (Phi) is 4.23. The molecule has 3 heterocycles. The van der Waals surface area contributed by atoms with E-state index in [1.165, 1.54) is 0 Å². The first-order valence-electron chi connectivity index (χ1n) is 7.87. The third kappa shape index (κ3) is 2.50. The molecule has 1 aliphatic heterocycles. The Morgan fingerprint density at radius 2 is 2.27 bits per heavy atom. The molecule has 26 heavy (non-hydrogen) atoms. The summed E-state index contributed by atoms with van der Waals surface area (Å²) in [7, 11) is 0. The maximum absolute atomic E-state index is 11.3. The van der Waals surface area contributed by atoms with Gasteiger partial charge in [-0.3, -0.25) is 9.89 Å². The van der Waals surface area contributed by atoms with E-state index >= 15 is 0 Å². The molecule has 7 nitrogen and oxygen atoms in total. The highest BCUT2D eigenvalue weighted by Gasteiger charge is 2.29. The minimum absolute atomic E-state index is 0.112. The van der Waals surface area contributed by atoms with E-state index in [9.17, 15) is 4.79 Å². The number of amides is 1. The van der Waals surface area contributed by atoms with Crippen LogP contribution in [-0.4, -0.2) is 39.2 Å². The van der Waals surface area contributed by atoms with Gasteiger partial charge in [-0.15, -0.1) is 0 Å². The summed E-state index contributed by atoms with van der Waals surface area (Å²) in [5.41, 5.74) is 3.37. The number of nitrogens with one attached hydrogen (secondary N) is 1. The molecule has 0 fully saturated rings. The van der Waals surface area contributed by atoms with Gasteiger partial charge in [0.2, 0.25) is 6.41 Å². The van der Waals surface area contributed by atoms with E-state index < -0.39 is 0 Å². The predicted octanol–water partition coefficient (Wildman–Crippen LogP) is 3.21. The number of carbonyl (C=O) groups is 1. The van der Waals surface area contributed by atoms with Crippen molar-refractivity contribution < 1.29 is 9.53 Å². The zero-order valence-corrected chi connectivity index (χ0v) is 15.0. The standard InChI is InChI=1S/C17H13Cl2N5O2/c18-11-5-13(26-4-1-20)15-14(10-6-21-22-7-10)12-8-23(9-25)2-3-24(12)17(15)16(11)19/h5-7,9H,2-4,8H2,(H,21,22). The number of ether oxygens (including phenoxy) is 1. The average molecular weight is 390 g/mol. The van der Waals surface area contributed by atoms with Crippen LogP contribution < -0.4 is 4.74 Å². The van der Waals surface area contributed by atoms with Crippen molar-refractivity contribution in [1.29, 1.82) is 5.26 Å². The topological polar surface area (TPSA) is 86.9 Å². The van der Waals surface area contributed by atoms with Crippen LogP contribution in [0.2, 0.25) is 10.0 Å². The van der Waals surface area contributed by atoms with E-state index in [4.69, 9.17) is 33.2 Å². The Hall–Kier alpha value is -2.69. The third-order valence-electron chi connectivity index (χ3n) is 4.48. The van der Waals surface area contributed by atoms with Gasteiger partial charge in [-0.1, -0.05) is 23.2 Å². The van der Waals surface area contributed by atoms with Crippen LogP contribution in [0.1, 0.15) is 5.69 Å². The summed E-state index contributed by atoms with van der Waals surface area (Å²) in [6, 6.07) is 3.59. The van der Waals surface area contributed by atoms with E-state index in [1.807, 2.05) is 6.07 Å². The molecule has 0 spiro atoms. The Morgan fingerprint density at radius 3 is 2.96 bits per heavy atom. The number of carbonyl (C=O) groups excluding carboxylic acids is 1. The normalized spacial score (nSPS) is 13.5. The third-order valence-corrected chi connectivity index (χ3v) is 5.26. The number of halogens is 2. The van der Waals surface area contributed by atoms with Gasteiger partial charge in [-0.05, 0) is 0 Å². The second kappa shape index (κ2) is 6.56. The second-order valence-corrected chi connectivity index (χ2v) is 6.66. The largest absolute Gasteiger partial charge is 0.478 e. The molecule has 0 saturated carbocycles. The number of hydrogen-bond acceptors (Lipinski definition) is 4. The van der Waals surface area contributed by atoms with Crippen molar-refractivity contribution in [2.24, 2.45) is 0 Å². The Labute approximate surface area is 158 Å². The molecule has 0 atom stereocenters. The van der Waals surface area contributed by atoms with Crippen molar-refractivity contribution in [3.8, 4) is 22.9 Å². The van der Waals surface area contributed by atoms with E-state index in [0.717, 1.165) is 34.1 Å². The molecule has 1 aromatic carbocycles. The number of aromatic nitrogens is 3. The quantitative estimate of drug-likeness (QED) is 0.693. The van der Waals surface area contributed by atoms with Crippen molar-refractivity contribution in [3.63, 3.8) is 0 Å². The molecule has 0 bridgehead atoms. The average Bonchev–Trinajstić information content (AvgIpc) is 3.28. The summed E-state index contributed by atoms with van der Waals surface area (Å²) in [5, 5.41) is 17.3. The number of fused-ring (bicyclic) bond motifs is 3. The number of aromatic amines is 1. The molecule has 0 saturated heterocycles. The van der Waals surface area contributed by atoms with Crippen LogP contribution in [0.15, 0.2) is 18.5 Å². The number of nitriles is 1. The van der Waals surface area contributed by atoms with E-state index in [1.54, 1.807) is 23.4 Å². The molecule has 132 valence electrons. The highest BCUT2D eigenvalue weighted by molar-refractivity contribution is 6.45. The van der Waals surface area contributed by atoms with Crippen LogP contribution in [-0.2, 0) is 17.9 Å². The van der Waals surface area contributed by atoms with E-state index in [2.05, 4.69) is 14.8 Å². The lowest BCUT2D eigenvalue weighted by Gasteiger charge is -2.26. The summed E-state index contributed by atoms with van der Waals surface area (Å²) in [6.07, 6.45) is 4.31. The van der Waals surface area contributed by atoms with E-state index in [-0.39, 0.29) is 6.61 Å². The number of nitrogens with zero attached hydrogens (tertiary/aromatic N) is 4. The van der Waals surface area contributed by atoms with Gasteiger partial charge in [-0.2, -0.15) is 10.4 Å². The number of rotatable bonds is 4. The van der Waals surface area contributed by atoms with Gasteiger partial charge in [0, 0.05) is 42.2 Å². The molecule has 9 heteroatoms. The smallest absolute Gasteiger partial charge is 0.210 e. The van der Waals surface area contributed by atoms with Gasteiger partial charge < -0.3 is 14.2 Å². The second-order valence-electron chi connectivity index (χ2n) is 5.88. The predicted molar refractivity (Wildman–Crippen MR) is 97.1 cm³/mol. The highest BCUT2D eigenvalue weighted by Crippen LogP contribution is 2.46. The zero-order chi connectivity index (χ0) is 18.3. The summed E-state index contributed by atoms with van der Waals surface area (Å²) in [5.74, 6) is 0.478. The molecular formula is C17H13Cl2N5O2. The Morgan fingerprint density at radius 1 is 1.42 bits per heavy atom. The fraction of sp³-hybridized carbons (Fsp3) is 0.235.